The van der Waals surface area contributed by atoms with Crippen LogP contribution in [-0.2, 0) is 14.4 Å². The topological polar surface area (TPSA) is 81.2 Å². The van der Waals surface area contributed by atoms with Crippen molar-refractivity contribution in [2.45, 2.75) is 92.8 Å². The molecular formula is C33H45N3O4S. The average Bonchev–Trinajstić information content (AvgIpc) is 3.56. The lowest BCUT2D eigenvalue weighted by Crippen LogP contribution is -2.59. The minimum atomic E-state index is -0.715. The molecule has 6 atom stereocenters. The Labute approximate surface area is 249 Å². The van der Waals surface area contributed by atoms with Crippen molar-refractivity contribution < 1.29 is 19.5 Å². The first kappa shape index (κ1) is 29.9. The van der Waals surface area contributed by atoms with E-state index in [1.807, 2.05) is 42.2 Å². The van der Waals surface area contributed by atoms with Gasteiger partial charge in [-0.2, -0.15) is 0 Å². The Morgan fingerprint density at radius 3 is 2.39 bits per heavy atom. The van der Waals surface area contributed by atoms with E-state index in [-0.39, 0.29) is 30.4 Å². The third kappa shape index (κ3) is 4.85. The van der Waals surface area contributed by atoms with Crippen molar-refractivity contribution in [3.63, 3.8) is 0 Å². The number of likely N-dealkylation sites (tertiary alicyclic amines) is 1. The van der Waals surface area contributed by atoms with Gasteiger partial charge in [0.15, 0.2) is 0 Å². The predicted octanol–water partition coefficient (Wildman–Crippen LogP) is 4.81. The maximum atomic E-state index is 14.8. The van der Waals surface area contributed by atoms with Crippen LogP contribution in [0.25, 0.3) is 0 Å². The van der Waals surface area contributed by atoms with Crippen molar-refractivity contribution in [3.8, 4) is 0 Å². The lowest BCUT2D eigenvalue weighted by Gasteiger charge is -2.42. The molecule has 2 unspecified atom stereocenters. The number of hydrogen-bond donors (Lipinski definition) is 1. The number of carbonyl (C=O) groups excluding carboxylic acids is 3. The standard InChI is InChI=1S/C33H45N3O4S/c1-5-20-34(24-14-10-8-11-15-24)29(38)26-27-30(39)36(23(7-3)22-37)28(33(27)19-18-32(26,4)41-33)31(40)35(21-6-2)25-16-12-9-13-17-25/h5-6,8,10-11,14-15,23,25-28,37H,1-2,7,9,12-13,16-22H2,3-4H3/t23-,26+,27-,28?,32-,33?/m0/s1. The fraction of sp³-hybridized carbons (Fsp3) is 0.606. The zero-order chi connectivity index (χ0) is 29.4. The normalized spacial score (nSPS) is 31.5. The highest BCUT2D eigenvalue weighted by atomic mass is 32.2. The quantitative estimate of drug-likeness (QED) is 0.381. The lowest BCUT2D eigenvalue weighted by molar-refractivity contribution is -0.147. The second-order valence-electron chi connectivity index (χ2n) is 12.4. The maximum absolute atomic E-state index is 14.8. The fourth-order valence-corrected chi connectivity index (χ4v) is 10.5. The largest absolute Gasteiger partial charge is 0.394 e. The Hall–Kier alpha value is -2.58. The van der Waals surface area contributed by atoms with Gasteiger partial charge in [-0.3, -0.25) is 14.4 Å². The zero-order valence-corrected chi connectivity index (χ0v) is 25.4. The maximum Gasteiger partial charge on any atom is 0.247 e. The summed E-state index contributed by atoms with van der Waals surface area (Å²) in [6, 6.07) is 8.47. The molecule has 0 radical (unpaired) electrons. The van der Waals surface area contributed by atoms with Crippen molar-refractivity contribution in [1.82, 2.24) is 9.80 Å². The number of fused-ring (bicyclic) bond motifs is 1. The molecule has 7 nitrogen and oxygen atoms in total. The first-order valence-corrected chi connectivity index (χ1v) is 16.1. The van der Waals surface area contributed by atoms with Crippen LogP contribution >= 0.6 is 11.8 Å². The molecule has 1 aromatic rings. The van der Waals surface area contributed by atoms with Gasteiger partial charge in [0.1, 0.15) is 6.04 Å². The third-order valence-electron chi connectivity index (χ3n) is 10.1. The molecule has 41 heavy (non-hydrogen) atoms. The second-order valence-corrected chi connectivity index (χ2v) is 14.3. The van der Waals surface area contributed by atoms with Crippen LogP contribution < -0.4 is 4.90 Å². The van der Waals surface area contributed by atoms with Crippen LogP contribution in [0.2, 0.25) is 0 Å². The highest BCUT2D eigenvalue weighted by Gasteiger charge is 2.78. The second kappa shape index (κ2) is 12.0. The number of para-hydroxylation sites is 1. The van der Waals surface area contributed by atoms with Gasteiger partial charge in [-0.15, -0.1) is 24.9 Å². The summed E-state index contributed by atoms with van der Waals surface area (Å²) in [7, 11) is 0. The molecule has 8 heteroatoms. The van der Waals surface area contributed by atoms with Gasteiger partial charge < -0.3 is 19.8 Å². The number of aliphatic hydroxyl groups is 1. The molecule has 0 aromatic heterocycles. The Balaban J connectivity index is 1.59. The van der Waals surface area contributed by atoms with Gasteiger partial charge in [-0.25, -0.2) is 0 Å². The molecule has 4 fully saturated rings. The highest BCUT2D eigenvalue weighted by Crippen LogP contribution is 2.72. The van der Waals surface area contributed by atoms with Crippen LogP contribution in [0.3, 0.4) is 0 Å². The summed E-state index contributed by atoms with van der Waals surface area (Å²) in [4.78, 5) is 49.3. The molecule has 222 valence electrons. The molecule has 5 rings (SSSR count). The molecule has 1 N–H and O–H groups in total. The van der Waals surface area contributed by atoms with E-state index in [1.165, 1.54) is 6.42 Å². The van der Waals surface area contributed by atoms with E-state index in [2.05, 4.69) is 20.1 Å². The van der Waals surface area contributed by atoms with Crippen molar-refractivity contribution in [1.29, 1.82) is 0 Å². The van der Waals surface area contributed by atoms with E-state index in [9.17, 15) is 19.5 Å². The highest BCUT2D eigenvalue weighted by molar-refractivity contribution is 8.02. The average molecular weight is 580 g/mol. The Kier molecular flexibility index (Phi) is 8.72. The summed E-state index contributed by atoms with van der Waals surface area (Å²) in [6.07, 6.45) is 10.7. The molecule has 3 heterocycles. The number of rotatable bonds is 11. The number of benzene rings is 1. The molecule has 1 aromatic carbocycles. The molecular weight excluding hydrogens is 534 g/mol. The minimum Gasteiger partial charge on any atom is -0.394 e. The van der Waals surface area contributed by atoms with E-state index >= 15 is 0 Å². The van der Waals surface area contributed by atoms with Gasteiger partial charge in [0.25, 0.3) is 0 Å². The van der Waals surface area contributed by atoms with Crippen LogP contribution in [0.15, 0.2) is 55.6 Å². The SMILES string of the molecule is C=CCN(C(=O)[C@H]1[C@H]2C(=O)N([C@@H](CC)CO)C(C(=O)N(CC=C)C3CCCCC3)C23CC[C@]1(C)S3)c1ccccc1. The number of amides is 3. The first-order chi connectivity index (χ1) is 19.8. The Morgan fingerprint density at radius 2 is 1.78 bits per heavy atom. The fourth-order valence-electron chi connectivity index (χ4n) is 8.16. The van der Waals surface area contributed by atoms with Gasteiger partial charge >= 0.3 is 0 Å². The number of anilines is 1. The molecule has 2 bridgehead atoms. The number of nitrogens with zero attached hydrogens (tertiary/aromatic N) is 3. The van der Waals surface area contributed by atoms with E-state index in [1.54, 1.807) is 33.7 Å². The summed E-state index contributed by atoms with van der Waals surface area (Å²) in [6.45, 7) is 12.5. The summed E-state index contributed by atoms with van der Waals surface area (Å²) >= 11 is 1.69. The minimum absolute atomic E-state index is 0.0459. The van der Waals surface area contributed by atoms with Gasteiger partial charge in [-0.1, -0.05) is 56.5 Å². The van der Waals surface area contributed by atoms with Crippen LogP contribution in [0.1, 0.15) is 65.2 Å². The van der Waals surface area contributed by atoms with Gasteiger partial charge in [0, 0.05) is 29.6 Å². The van der Waals surface area contributed by atoms with Gasteiger partial charge in [0.05, 0.1) is 29.2 Å². The summed E-state index contributed by atoms with van der Waals surface area (Å²) in [5.74, 6) is -1.50. The number of carbonyl (C=O) groups is 3. The van der Waals surface area contributed by atoms with Gasteiger partial charge in [-0.05, 0) is 51.2 Å². The lowest BCUT2D eigenvalue weighted by atomic mass is 9.66. The van der Waals surface area contributed by atoms with E-state index in [4.69, 9.17) is 0 Å². The monoisotopic (exact) mass is 579 g/mol. The third-order valence-corrected chi connectivity index (χ3v) is 12.0. The smallest absolute Gasteiger partial charge is 0.247 e. The number of hydrogen-bond acceptors (Lipinski definition) is 5. The molecule has 3 aliphatic heterocycles. The number of aliphatic hydroxyl groups excluding tert-OH is 1. The van der Waals surface area contributed by atoms with Crippen molar-refractivity contribution >= 4 is 35.2 Å². The van der Waals surface area contributed by atoms with E-state index in [0.29, 0.717) is 25.9 Å². The summed E-state index contributed by atoms with van der Waals surface area (Å²) in [5, 5.41) is 10.4. The van der Waals surface area contributed by atoms with E-state index in [0.717, 1.165) is 37.8 Å². The zero-order valence-electron chi connectivity index (χ0n) is 24.5. The van der Waals surface area contributed by atoms with Crippen LogP contribution in [-0.4, -0.2) is 79.9 Å². The van der Waals surface area contributed by atoms with Crippen molar-refractivity contribution in [2.75, 3.05) is 24.6 Å². The molecule has 3 amide bonds. The van der Waals surface area contributed by atoms with Crippen LogP contribution in [0.4, 0.5) is 5.69 Å². The molecule has 4 aliphatic rings. The predicted molar refractivity (Wildman–Crippen MR) is 165 cm³/mol. The molecule has 1 spiro atoms. The Morgan fingerprint density at radius 1 is 1.10 bits per heavy atom. The first-order valence-electron chi connectivity index (χ1n) is 15.3. The summed E-state index contributed by atoms with van der Waals surface area (Å²) < 4.78 is -1.18. The number of thioether (sulfide) groups is 1. The van der Waals surface area contributed by atoms with Gasteiger partial charge in [0.2, 0.25) is 17.7 Å². The summed E-state index contributed by atoms with van der Waals surface area (Å²) in [5.41, 5.74) is 0.772. The van der Waals surface area contributed by atoms with Crippen molar-refractivity contribution in [2.24, 2.45) is 11.8 Å². The molecule has 3 saturated heterocycles. The molecule has 1 saturated carbocycles. The van der Waals surface area contributed by atoms with Crippen LogP contribution in [0.5, 0.6) is 0 Å². The molecule has 1 aliphatic carbocycles. The van der Waals surface area contributed by atoms with E-state index < -0.39 is 33.4 Å². The Bertz CT molecular complexity index is 1170. The van der Waals surface area contributed by atoms with Crippen LogP contribution in [0, 0.1) is 11.8 Å². The van der Waals surface area contributed by atoms with Crippen molar-refractivity contribution in [3.05, 3.63) is 55.6 Å².